The molecule has 0 aliphatic heterocycles. The Bertz CT molecular complexity index is 939. The fourth-order valence-corrected chi connectivity index (χ4v) is 3.89. The predicted octanol–water partition coefficient (Wildman–Crippen LogP) is 1.13. The van der Waals surface area contributed by atoms with Gasteiger partial charge in [-0.3, -0.25) is 9.89 Å². The molecule has 8 nitrogen and oxygen atoms in total. The number of sulfonamides is 1. The van der Waals surface area contributed by atoms with Crippen LogP contribution < -0.4 is 10.0 Å². The van der Waals surface area contributed by atoms with Crippen LogP contribution in [-0.4, -0.2) is 41.7 Å². The lowest BCUT2D eigenvalue weighted by Crippen LogP contribution is -2.45. The number of hydrogen-bond acceptors (Lipinski definition) is 5. The Balaban J connectivity index is 1.93. The van der Waals surface area contributed by atoms with Crippen molar-refractivity contribution in [1.29, 1.82) is 0 Å². The number of nitrogens with one attached hydrogen (secondary N) is 3. The summed E-state index contributed by atoms with van der Waals surface area (Å²) in [6.45, 7) is 4.21. The third-order valence-electron chi connectivity index (χ3n) is 3.65. The Morgan fingerprint density at radius 2 is 2.12 bits per heavy atom. The quantitative estimate of drug-likeness (QED) is 0.575. The molecule has 1 atom stereocenters. The number of aromatic amines is 1. The van der Waals surface area contributed by atoms with Crippen LogP contribution in [0.2, 0.25) is 0 Å². The van der Waals surface area contributed by atoms with Gasteiger partial charge in [0.15, 0.2) is 4.77 Å². The number of carbonyl (C=O) groups is 1. The van der Waals surface area contributed by atoms with Crippen LogP contribution in [0.1, 0.15) is 19.7 Å². The first-order valence-corrected chi connectivity index (χ1v) is 9.84. The number of halogens is 1. The van der Waals surface area contributed by atoms with Gasteiger partial charge in [-0.2, -0.15) is 9.82 Å². The number of rotatable bonds is 8. The largest absolute Gasteiger partial charge is 0.354 e. The van der Waals surface area contributed by atoms with Crippen molar-refractivity contribution in [3.8, 4) is 0 Å². The molecule has 0 spiro atoms. The molecule has 26 heavy (non-hydrogen) atoms. The topological polar surface area (TPSA) is 109 Å². The van der Waals surface area contributed by atoms with E-state index in [-0.39, 0.29) is 6.54 Å². The molecule has 0 aliphatic carbocycles. The average Bonchev–Trinajstić information content (AvgIpc) is 2.94. The molecular formula is C15H20FN5O3S2. The van der Waals surface area contributed by atoms with E-state index in [1.54, 1.807) is 4.57 Å². The molecule has 0 unspecified atom stereocenters. The van der Waals surface area contributed by atoms with E-state index >= 15 is 0 Å². The molecule has 3 N–H and O–H groups in total. The van der Waals surface area contributed by atoms with Crippen LogP contribution in [0.4, 0.5) is 4.39 Å². The van der Waals surface area contributed by atoms with Crippen LogP contribution in [0.3, 0.4) is 0 Å². The molecule has 0 radical (unpaired) electrons. The fraction of sp³-hybridized carbons (Fsp3) is 0.400. The minimum atomic E-state index is -4.14. The van der Waals surface area contributed by atoms with Gasteiger partial charge in [-0.1, -0.05) is 12.1 Å². The highest BCUT2D eigenvalue weighted by molar-refractivity contribution is 7.89. The Kier molecular flexibility index (Phi) is 6.62. The first-order valence-electron chi connectivity index (χ1n) is 7.95. The van der Waals surface area contributed by atoms with Crippen molar-refractivity contribution in [2.45, 2.75) is 37.8 Å². The van der Waals surface area contributed by atoms with Crippen LogP contribution in [-0.2, 0) is 27.8 Å². The molecule has 0 fully saturated rings. The van der Waals surface area contributed by atoms with Crippen LogP contribution in [0.25, 0.3) is 0 Å². The van der Waals surface area contributed by atoms with Gasteiger partial charge in [0.25, 0.3) is 0 Å². The van der Waals surface area contributed by atoms with Crippen molar-refractivity contribution in [2.24, 2.45) is 0 Å². The van der Waals surface area contributed by atoms with Crippen LogP contribution in [0.15, 0.2) is 29.2 Å². The van der Waals surface area contributed by atoms with Gasteiger partial charge in [-0.05, 0) is 38.2 Å². The normalized spacial score (nSPS) is 12.7. The highest BCUT2D eigenvalue weighted by Gasteiger charge is 2.24. The zero-order chi connectivity index (χ0) is 19.3. The first-order chi connectivity index (χ1) is 12.3. The second-order valence-electron chi connectivity index (χ2n) is 5.50. The Morgan fingerprint density at radius 3 is 2.77 bits per heavy atom. The molecule has 0 aliphatic rings. The maximum atomic E-state index is 13.7. The van der Waals surface area contributed by atoms with E-state index in [0.717, 1.165) is 12.1 Å². The molecule has 2 aromatic rings. The van der Waals surface area contributed by atoms with E-state index in [1.807, 2.05) is 6.92 Å². The number of hydrogen-bond donors (Lipinski definition) is 3. The third kappa shape index (κ3) is 4.74. The lowest BCUT2D eigenvalue weighted by molar-refractivity contribution is -0.122. The maximum Gasteiger partial charge on any atom is 0.244 e. The summed E-state index contributed by atoms with van der Waals surface area (Å²) < 4.78 is 42.5. The summed E-state index contributed by atoms with van der Waals surface area (Å²) in [5, 5.41) is 9.38. The van der Waals surface area contributed by atoms with Gasteiger partial charge < -0.3 is 9.88 Å². The summed E-state index contributed by atoms with van der Waals surface area (Å²) >= 11 is 5.08. The van der Waals surface area contributed by atoms with Gasteiger partial charge in [0, 0.05) is 19.5 Å². The standard InChI is InChI=1S/C15H20FN5O3S2/c1-3-21-13(18-19-15(21)25)8-9-17-14(22)10(2)20-26(23,24)12-7-5-4-6-11(12)16/h4-7,10,20H,3,8-9H2,1-2H3,(H,17,22)(H,19,25)/t10-/m0/s1. The SMILES string of the molecule is CCn1c(CCNC(=O)[C@H](C)NS(=O)(=O)c2ccccc2F)n[nH]c1=S. The minimum absolute atomic E-state index is 0.254. The monoisotopic (exact) mass is 401 g/mol. The van der Waals surface area contributed by atoms with E-state index in [9.17, 15) is 17.6 Å². The van der Waals surface area contributed by atoms with E-state index < -0.39 is 32.7 Å². The van der Waals surface area contributed by atoms with E-state index in [0.29, 0.717) is 23.6 Å². The average molecular weight is 401 g/mol. The number of nitrogens with zero attached hydrogens (tertiary/aromatic N) is 2. The minimum Gasteiger partial charge on any atom is -0.354 e. The molecule has 11 heteroatoms. The second kappa shape index (κ2) is 8.52. The molecule has 0 saturated heterocycles. The number of aromatic nitrogens is 3. The summed E-state index contributed by atoms with van der Waals surface area (Å²) in [7, 11) is -4.14. The molecule has 1 amide bonds. The molecule has 2 rings (SSSR count). The molecular weight excluding hydrogens is 381 g/mol. The van der Waals surface area contributed by atoms with Crippen molar-refractivity contribution < 1.29 is 17.6 Å². The Hall–Kier alpha value is -2.11. The van der Waals surface area contributed by atoms with E-state index in [1.165, 1.54) is 19.1 Å². The number of carbonyl (C=O) groups excluding carboxylic acids is 1. The molecule has 0 bridgehead atoms. The van der Waals surface area contributed by atoms with Crippen molar-refractivity contribution >= 4 is 28.1 Å². The maximum absolute atomic E-state index is 13.7. The van der Waals surface area contributed by atoms with Crippen molar-refractivity contribution in [1.82, 2.24) is 24.8 Å². The van der Waals surface area contributed by atoms with E-state index in [4.69, 9.17) is 12.2 Å². The Morgan fingerprint density at radius 1 is 1.42 bits per heavy atom. The highest BCUT2D eigenvalue weighted by atomic mass is 32.2. The zero-order valence-corrected chi connectivity index (χ0v) is 16.0. The Labute approximate surface area is 155 Å². The molecule has 0 saturated carbocycles. The summed E-state index contributed by atoms with van der Waals surface area (Å²) in [6, 6.07) is 3.90. The molecule has 1 aromatic heterocycles. The molecule has 1 aromatic carbocycles. The van der Waals surface area contributed by atoms with Gasteiger partial charge in [0.1, 0.15) is 16.5 Å². The second-order valence-corrected chi connectivity index (χ2v) is 7.57. The number of H-pyrrole nitrogens is 1. The summed E-state index contributed by atoms with van der Waals surface area (Å²) in [5.74, 6) is -0.713. The zero-order valence-electron chi connectivity index (χ0n) is 14.3. The molecule has 1 heterocycles. The van der Waals surface area contributed by atoms with Gasteiger partial charge >= 0.3 is 0 Å². The summed E-state index contributed by atoms with van der Waals surface area (Å²) in [5.41, 5.74) is 0. The van der Waals surface area contributed by atoms with Crippen LogP contribution >= 0.6 is 12.2 Å². The van der Waals surface area contributed by atoms with Crippen molar-refractivity contribution in [2.75, 3.05) is 6.54 Å². The van der Waals surface area contributed by atoms with Crippen LogP contribution in [0.5, 0.6) is 0 Å². The van der Waals surface area contributed by atoms with Crippen LogP contribution in [0, 0.1) is 10.6 Å². The van der Waals surface area contributed by atoms with Gasteiger partial charge in [-0.25, -0.2) is 12.8 Å². The van der Waals surface area contributed by atoms with Gasteiger partial charge in [0.05, 0.1) is 6.04 Å². The van der Waals surface area contributed by atoms with E-state index in [2.05, 4.69) is 20.2 Å². The first kappa shape index (κ1) is 20.2. The van der Waals surface area contributed by atoms with Crippen molar-refractivity contribution in [3.63, 3.8) is 0 Å². The third-order valence-corrected chi connectivity index (χ3v) is 5.54. The number of amides is 1. The highest BCUT2D eigenvalue weighted by Crippen LogP contribution is 2.13. The lowest BCUT2D eigenvalue weighted by atomic mass is 10.3. The lowest BCUT2D eigenvalue weighted by Gasteiger charge is -2.14. The summed E-state index contributed by atoms with van der Waals surface area (Å²) in [6.07, 6.45) is 0.430. The van der Waals surface area contributed by atoms with Gasteiger partial charge in [-0.15, -0.1) is 0 Å². The van der Waals surface area contributed by atoms with Crippen molar-refractivity contribution in [3.05, 3.63) is 40.7 Å². The smallest absolute Gasteiger partial charge is 0.244 e. The molecule has 142 valence electrons. The number of benzene rings is 1. The fourth-order valence-electron chi connectivity index (χ4n) is 2.33. The van der Waals surface area contributed by atoms with Gasteiger partial charge in [0.2, 0.25) is 15.9 Å². The predicted molar refractivity (Wildman–Crippen MR) is 96.0 cm³/mol. The summed E-state index contributed by atoms with van der Waals surface area (Å²) in [4.78, 5) is 11.6.